The van der Waals surface area contributed by atoms with Gasteiger partial charge in [0.25, 0.3) is 0 Å². The van der Waals surface area contributed by atoms with E-state index in [4.69, 9.17) is 5.73 Å². The molecule has 3 unspecified atom stereocenters. The lowest BCUT2D eigenvalue weighted by molar-refractivity contribution is 0.429. The molecule has 1 fully saturated rings. The van der Waals surface area contributed by atoms with Gasteiger partial charge in [0.1, 0.15) is 0 Å². The molecule has 1 aliphatic carbocycles. The Morgan fingerprint density at radius 2 is 2.00 bits per heavy atom. The van der Waals surface area contributed by atoms with E-state index < -0.39 is 9.84 Å². The van der Waals surface area contributed by atoms with Gasteiger partial charge in [0.05, 0.1) is 5.25 Å². The van der Waals surface area contributed by atoms with E-state index in [1.807, 2.05) is 0 Å². The van der Waals surface area contributed by atoms with Crippen LogP contribution in [0.5, 0.6) is 0 Å². The van der Waals surface area contributed by atoms with Gasteiger partial charge in [-0.2, -0.15) is 0 Å². The first kappa shape index (κ1) is 11.0. The summed E-state index contributed by atoms with van der Waals surface area (Å²) in [6, 6.07) is 0. The average molecular weight is 205 g/mol. The Morgan fingerprint density at radius 3 is 2.38 bits per heavy atom. The Kier molecular flexibility index (Phi) is 3.35. The molecule has 2 N–H and O–H groups in total. The van der Waals surface area contributed by atoms with E-state index >= 15 is 0 Å². The van der Waals surface area contributed by atoms with E-state index in [9.17, 15) is 8.42 Å². The normalized spacial score (nSPS) is 35.2. The molecule has 1 aliphatic rings. The summed E-state index contributed by atoms with van der Waals surface area (Å²) in [7, 11) is -2.83. The molecule has 3 atom stereocenters. The van der Waals surface area contributed by atoms with Crippen LogP contribution >= 0.6 is 0 Å². The topological polar surface area (TPSA) is 60.2 Å². The van der Waals surface area contributed by atoms with Gasteiger partial charge in [-0.1, -0.05) is 13.8 Å². The summed E-state index contributed by atoms with van der Waals surface area (Å²) >= 11 is 0. The van der Waals surface area contributed by atoms with Gasteiger partial charge >= 0.3 is 0 Å². The maximum atomic E-state index is 11.6. The monoisotopic (exact) mass is 205 g/mol. The summed E-state index contributed by atoms with van der Waals surface area (Å²) in [6.07, 6.45) is 1.58. The van der Waals surface area contributed by atoms with Crippen molar-refractivity contribution in [2.24, 2.45) is 17.6 Å². The first-order chi connectivity index (χ1) is 6.01. The predicted octanol–water partition coefficient (Wildman–Crippen LogP) is 0.795. The zero-order chi connectivity index (χ0) is 10.1. The number of hydrogen-bond donors (Lipinski definition) is 1. The first-order valence-electron chi connectivity index (χ1n) is 4.92. The van der Waals surface area contributed by atoms with Crippen molar-refractivity contribution in [2.75, 3.05) is 12.3 Å². The third kappa shape index (κ3) is 2.23. The minimum atomic E-state index is -2.83. The highest BCUT2D eigenvalue weighted by molar-refractivity contribution is 7.92. The van der Waals surface area contributed by atoms with Crippen molar-refractivity contribution < 1.29 is 8.42 Å². The van der Waals surface area contributed by atoms with Crippen molar-refractivity contribution in [1.29, 1.82) is 0 Å². The third-order valence-electron chi connectivity index (χ3n) is 3.22. The van der Waals surface area contributed by atoms with Crippen LogP contribution in [0.15, 0.2) is 0 Å². The van der Waals surface area contributed by atoms with E-state index in [0.717, 1.165) is 12.8 Å². The Bertz CT molecular complexity index is 261. The van der Waals surface area contributed by atoms with Gasteiger partial charge in [-0.15, -0.1) is 0 Å². The van der Waals surface area contributed by atoms with Crippen molar-refractivity contribution in [3.05, 3.63) is 0 Å². The summed E-state index contributed by atoms with van der Waals surface area (Å²) in [5.41, 5.74) is 5.58. The minimum Gasteiger partial charge on any atom is -0.330 e. The lowest BCUT2D eigenvalue weighted by Gasteiger charge is -2.10. The molecule has 0 amide bonds. The molecule has 0 spiro atoms. The zero-order valence-electron chi connectivity index (χ0n) is 8.36. The Labute approximate surface area is 80.6 Å². The van der Waals surface area contributed by atoms with Crippen LogP contribution in [0.2, 0.25) is 0 Å². The highest BCUT2D eigenvalue weighted by Crippen LogP contribution is 2.34. The van der Waals surface area contributed by atoms with E-state index in [-0.39, 0.29) is 11.0 Å². The molecule has 0 saturated heterocycles. The number of nitrogens with two attached hydrogens (primary N) is 1. The minimum absolute atomic E-state index is 0.124. The van der Waals surface area contributed by atoms with Gasteiger partial charge in [-0.3, -0.25) is 0 Å². The third-order valence-corrected chi connectivity index (χ3v) is 5.42. The molecular weight excluding hydrogens is 186 g/mol. The van der Waals surface area contributed by atoms with Crippen LogP contribution < -0.4 is 5.73 Å². The molecule has 0 heterocycles. The van der Waals surface area contributed by atoms with Crippen molar-refractivity contribution >= 4 is 9.84 Å². The smallest absolute Gasteiger partial charge is 0.152 e. The molecule has 0 aromatic heterocycles. The summed E-state index contributed by atoms with van der Waals surface area (Å²) in [5, 5.41) is -0.124. The molecular formula is C9H19NO2S. The van der Waals surface area contributed by atoms with Crippen LogP contribution in [0.4, 0.5) is 0 Å². The lowest BCUT2D eigenvalue weighted by atomic mass is 9.99. The Balaban J connectivity index is 2.68. The van der Waals surface area contributed by atoms with E-state index in [0.29, 0.717) is 18.4 Å². The Morgan fingerprint density at radius 1 is 1.38 bits per heavy atom. The summed E-state index contributed by atoms with van der Waals surface area (Å²) in [6.45, 7) is 4.44. The Hall–Kier alpha value is -0.0900. The highest BCUT2D eigenvalue weighted by Gasteiger charge is 2.36. The molecule has 13 heavy (non-hydrogen) atoms. The second kappa shape index (κ2) is 3.96. The molecule has 0 aliphatic heterocycles. The van der Waals surface area contributed by atoms with Gasteiger partial charge in [-0.05, 0) is 31.2 Å². The van der Waals surface area contributed by atoms with Crippen LogP contribution in [-0.4, -0.2) is 26.0 Å². The molecule has 0 aromatic rings. The van der Waals surface area contributed by atoms with Crippen molar-refractivity contribution in [2.45, 2.75) is 31.9 Å². The van der Waals surface area contributed by atoms with Crippen molar-refractivity contribution in [1.82, 2.24) is 0 Å². The van der Waals surface area contributed by atoms with Crippen LogP contribution in [0.1, 0.15) is 26.7 Å². The fourth-order valence-corrected chi connectivity index (χ4v) is 3.74. The number of hydrogen-bond acceptors (Lipinski definition) is 3. The molecule has 0 aromatic carbocycles. The SMILES string of the molecule is CCS(=O)(=O)C1CC(C)C(CN)C1. The van der Waals surface area contributed by atoms with Gasteiger partial charge in [-0.25, -0.2) is 8.42 Å². The van der Waals surface area contributed by atoms with Gasteiger partial charge < -0.3 is 5.73 Å². The first-order valence-corrected chi connectivity index (χ1v) is 6.64. The lowest BCUT2D eigenvalue weighted by Crippen LogP contribution is -2.21. The summed E-state index contributed by atoms with van der Waals surface area (Å²) in [4.78, 5) is 0. The average Bonchev–Trinajstić information content (AvgIpc) is 2.47. The fourth-order valence-electron chi connectivity index (χ4n) is 2.13. The largest absolute Gasteiger partial charge is 0.330 e. The van der Waals surface area contributed by atoms with Gasteiger partial charge in [0, 0.05) is 5.75 Å². The van der Waals surface area contributed by atoms with Crippen LogP contribution in [0.25, 0.3) is 0 Å². The molecule has 0 bridgehead atoms. The molecule has 1 saturated carbocycles. The number of sulfone groups is 1. The molecule has 1 rings (SSSR count). The quantitative estimate of drug-likeness (QED) is 0.741. The second-order valence-electron chi connectivity index (χ2n) is 4.02. The molecule has 3 nitrogen and oxygen atoms in total. The fraction of sp³-hybridized carbons (Fsp3) is 1.00. The van der Waals surface area contributed by atoms with Crippen molar-refractivity contribution in [3.8, 4) is 0 Å². The van der Waals surface area contributed by atoms with Gasteiger partial charge in [0.2, 0.25) is 0 Å². The standard InChI is InChI=1S/C9H19NO2S/c1-3-13(11,12)9-4-7(2)8(5-9)6-10/h7-9H,3-6,10H2,1-2H3. The van der Waals surface area contributed by atoms with Crippen LogP contribution in [0, 0.1) is 11.8 Å². The number of rotatable bonds is 3. The van der Waals surface area contributed by atoms with Crippen LogP contribution in [0.3, 0.4) is 0 Å². The molecule has 4 heteroatoms. The molecule has 78 valence electrons. The summed E-state index contributed by atoms with van der Waals surface area (Å²) in [5.74, 6) is 1.14. The zero-order valence-corrected chi connectivity index (χ0v) is 9.18. The van der Waals surface area contributed by atoms with E-state index in [2.05, 4.69) is 6.92 Å². The van der Waals surface area contributed by atoms with E-state index in [1.165, 1.54) is 0 Å². The van der Waals surface area contributed by atoms with Crippen LogP contribution in [-0.2, 0) is 9.84 Å². The van der Waals surface area contributed by atoms with Crippen molar-refractivity contribution in [3.63, 3.8) is 0 Å². The summed E-state index contributed by atoms with van der Waals surface area (Å²) < 4.78 is 23.1. The predicted molar refractivity (Wildman–Crippen MR) is 54.2 cm³/mol. The maximum absolute atomic E-state index is 11.6. The molecule has 0 radical (unpaired) electrons. The van der Waals surface area contributed by atoms with Gasteiger partial charge in [0.15, 0.2) is 9.84 Å². The van der Waals surface area contributed by atoms with E-state index in [1.54, 1.807) is 6.92 Å². The highest BCUT2D eigenvalue weighted by atomic mass is 32.2. The second-order valence-corrected chi connectivity index (χ2v) is 6.59. The maximum Gasteiger partial charge on any atom is 0.152 e.